The second-order valence-corrected chi connectivity index (χ2v) is 3.22. The van der Waals surface area contributed by atoms with Gasteiger partial charge in [0.15, 0.2) is 5.56 Å². The Kier molecular flexibility index (Phi) is 2.75. The van der Waals surface area contributed by atoms with Crippen LogP contribution in [0, 0.1) is 21.4 Å². The second-order valence-electron chi connectivity index (χ2n) is 3.22. The molecule has 6 nitrogen and oxygen atoms in total. The normalized spacial score (nSPS) is 9.59. The van der Waals surface area contributed by atoms with Gasteiger partial charge in [0, 0.05) is 6.07 Å². The molecule has 0 aliphatic carbocycles. The van der Waals surface area contributed by atoms with Crippen LogP contribution in [0.2, 0.25) is 0 Å². The summed E-state index contributed by atoms with van der Waals surface area (Å²) in [6, 6.07) is 8.50. The molecule has 0 radical (unpaired) electrons. The van der Waals surface area contributed by atoms with Crippen LogP contribution in [0.4, 0.5) is 5.69 Å². The highest BCUT2D eigenvalue weighted by atomic mass is 16.6. The largest absolute Gasteiger partial charge is 0.346 e. The number of pyridine rings is 2. The maximum Gasteiger partial charge on any atom is 0.346 e. The minimum atomic E-state index is -0.576. The van der Waals surface area contributed by atoms with Crippen LogP contribution in [-0.4, -0.2) is 9.91 Å². The minimum absolute atomic E-state index is 0.162. The van der Waals surface area contributed by atoms with Crippen LogP contribution in [0.5, 0.6) is 0 Å². The van der Waals surface area contributed by atoms with Crippen molar-refractivity contribution in [2.75, 3.05) is 0 Å². The fraction of sp³-hybridized carbons (Fsp3) is 0. The molecule has 0 aliphatic heterocycles. The average Bonchev–Trinajstić information content (AvgIpc) is 2.39. The highest BCUT2D eigenvalue weighted by Gasteiger charge is 2.20. The molecule has 17 heavy (non-hydrogen) atoms. The summed E-state index contributed by atoms with van der Waals surface area (Å²) < 4.78 is 1.63. The van der Waals surface area contributed by atoms with Crippen LogP contribution in [-0.2, 0) is 0 Å². The van der Waals surface area contributed by atoms with Crippen molar-refractivity contribution in [3.05, 3.63) is 58.5 Å². The smallest absolute Gasteiger partial charge is 0.258 e. The molecule has 0 bridgehead atoms. The first-order chi connectivity index (χ1) is 8.22. The molecule has 0 saturated heterocycles. The maximum atomic E-state index is 10.6. The number of hydrogen-bond donors (Lipinski definition) is 0. The third kappa shape index (κ3) is 2.08. The molecule has 0 amide bonds. The summed E-state index contributed by atoms with van der Waals surface area (Å²) in [5.41, 5.74) is -0.0303. The van der Waals surface area contributed by atoms with Crippen molar-refractivity contribution in [1.29, 1.82) is 5.26 Å². The van der Waals surface area contributed by atoms with Gasteiger partial charge in [0.25, 0.3) is 0 Å². The molecular formula is C11H7N4O2+. The Labute approximate surface area is 96.5 Å². The van der Waals surface area contributed by atoms with Crippen LogP contribution in [0.3, 0.4) is 0 Å². The highest BCUT2D eigenvalue weighted by molar-refractivity contribution is 5.45. The monoisotopic (exact) mass is 227 g/mol. The molecule has 0 N–H and O–H groups in total. The van der Waals surface area contributed by atoms with E-state index < -0.39 is 4.92 Å². The molecule has 0 unspecified atom stereocenters. The molecule has 0 spiro atoms. The van der Waals surface area contributed by atoms with Crippen molar-refractivity contribution < 1.29 is 9.49 Å². The SMILES string of the molecule is N#Cc1cc([N+](=O)[O-])cnc1-[n+]1ccccc1. The Morgan fingerprint density at radius 2 is 2.06 bits per heavy atom. The van der Waals surface area contributed by atoms with E-state index >= 15 is 0 Å². The average molecular weight is 227 g/mol. The van der Waals surface area contributed by atoms with E-state index in [1.54, 1.807) is 29.1 Å². The minimum Gasteiger partial charge on any atom is -0.258 e. The van der Waals surface area contributed by atoms with E-state index in [0.29, 0.717) is 5.82 Å². The van der Waals surface area contributed by atoms with Gasteiger partial charge in [0.2, 0.25) is 6.20 Å². The Morgan fingerprint density at radius 3 is 2.65 bits per heavy atom. The summed E-state index contributed by atoms with van der Waals surface area (Å²) in [5, 5.41) is 19.5. The molecule has 0 saturated carbocycles. The van der Waals surface area contributed by atoms with E-state index in [1.807, 2.05) is 12.1 Å². The first kappa shape index (κ1) is 10.7. The van der Waals surface area contributed by atoms with Gasteiger partial charge in [-0.05, 0) is 17.1 Å². The lowest BCUT2D eigenvalue weighted by Gasteiger charge is -1.96. The van der Waals surface area contributed by atoms with E-state index in [1.165, 1.54) is 6.07 Å². The van der Waals surface area contributed by atoms with Crippen molar-refractivity contribution in [1.82, 2.24) is 4.98 Å². The molecule has 0 aliphatic rings. The number of rotatable bonds is 2. The molecule has 2 heterocycles. The van der Waals surface area contributed by atoms with Crippen LogP contribution in [0.15, 0.2) is 42.9 Å². The molecular weight excluding hydrogens is 220 g/mol. The topological polar surface area (TPSA) is 83.7 Å². The third-order valence-electron chi connectivity index (χ3n) is 2.14. The quantitative estimate of drug-likeness (QED) is 0.437. The second kappa shape index (κ2) is 4.37. The van der Waals surface area contributed by atoms with Gasteiger partial charge in [-0.25, -0.2) is 4.57 Å². The molecule has 0 aromatic carbocycles. The van der Waals surface area contributed by atoms with Gasteiger partial charge in [-0.2, -0.15) is 5.26 Å². The van der Waals surface area contributed by atoms with Crippen molar-refractivity contribution in [3.8, 4) is 11.9 Å². The van der Waals surface area contributed by atoms with Gasteiger partial charge in [-0.15, -0.1) is 0 Å². The number of nitro groups is 1. The highest BCUT2D eigenvalue weighted by Crippen LogP contribution is 2.14. The van der Waals surface area contributed by atoms with E-state index in [-0.39, 0.29) is 11.3 Å². The van der Waals surface area contributed by atoms with Crippen LogP contribution in [0.25, 0.3) is 5.82 Å². The van der Waals surface area contributed by atoms with Gasteiger partial charge in [0.1, 0.15) is 6.07 Å². The van der Waals surface area contributed by atoms with E-state index in [9.17, 15) is 10.1 Å². The third-order valence-corrected chi connectivity index (χ3v) is 2.14. The molecule has 0 fully saturated rings. The molecule has 2 aromatic rings. The summed E-state index contributed by atoms with van der Waals surface area (Å²) in [7, 11) is 0. The Hall–Kier alpha value is -2.81. The van der Waals surface area contributed by atoms with E-state index in [0.717, 1.165) is 6.20 Å². The standard InChI is InChI=1S/C11H7N4O2/c12-7-9-6-10(15(16)17)8-13-11(9)14-4-2-1-3-5-14/h1-6,8H/q+1. The van der Waals surface area contributed by atoms with Gasteiger partial charge in [0.05, 0.1) is 17.3 Å². The summed E-state index contributed by atoms with van der Waals surface area (Å²) in [5.74, 6) is 0.374. The molecule has 6 heteroatoms. The number of aromatic nitrogens is 2. The van der Waals surface area contributed by atoms with E-state index in [4.69, 9.17) is 5.26 Å². The predicted molar refractivity (Wildman–Crippen MR) is 57.1 cm³/mol. The van der Waals surface area contributed by atoms with Gasteiger partial charge >= 0.3 is 11.5 Å². The fourth-order valence-corrected chi connectivity index (χ4v) is 1.37. The molecule has 2 aromatic heterocycles. The zero-order valence-electron chi connectivity index (χ0n) is 8.65. The summed E-state index contributed by atoms with van der Waals surface area (Å²) >= 11 is 0. The fourth-order valence-electron chi connectivity index (χ4n) is 1.37. The lowest BCUT2D eigenvalue weighted by molar-refractivity contribution is -0.599. The molecule has 0 atom stereocenters. The van der Waals surface area contributed by atoms with Crippen molar-refractivity contribution >= 4 is 5.69 Å². The number of nitriles is 1. The molecule has 82 valence electrons. The Morgan fingerprint density at radius 1 is 1.35 bits per heavy atom. The molecule has 2 rings (SSSR count). The van der Waals surface area contributed by atoms with Gasteiger partial charge < -0.3 is 0 Å². The van der Waals surface area contributed by atoms with Crippen LogP contribution in [0.1, 0.15) is 5.56 Å². The van der Waals surface area contributed by atoms with Crippen molar-refractivity contribution in [2.45, 2.75) is 0 Å². The Balaban J connectivity index is 2.57. The lowest BCUT2D eigenvalue weighted by atomic mass is 10.2. The van der Waals surface area contributed by atoms with Gasteiger partial charge in [-0.1, -0.05) is 6.07 Å². The first-order valence-corrected chi connectivity index (χ1v) is 4.73. The maximum absolute atomic E-state index is 10.6. The summed E-state index contributed by atoms with van der Waals surface area (Å²) in [4.78, 5) is 13.9. The lowest BCUT2D eigenvalue weighted by Crippen LogP contribution is -2.31. The Bertz CT molecular complexity index is 605. The van der Waals surface area contributed by atoms with Crippen LogP contribution < -0.4 is 4.57 Å². The van der Waals surface area contributed by atoms with Crippen LogP contribution >= 0.6 is 0 Å². The summed E-state index contributed by atoms with van der Waals surface area (Å²) in [6.07, 6.45) is 4.57. The zero-order valence-corrected chi connectivity index (χ0v) is 8.65. The van der Waals surface area contributed by atoms with Crippen molar-refractivity contribution in [2.24, 2.45) is 0 Å². The van der Waals surface area contributed by atoms with Gasteiger partial charge in [-0.3, -0.25) is 10.1 Å². The summed E-state index contributed by atoms with van der Waals surface area (Å²) in [6.45, 7) is 0. The zero-order chi connectivity index (χ0) is 12.3. The predicted octanol–water partition coefficient (Wildman–Crippen LogP) is 1.14. The number of nitrogens with zero attached hydrogens (tertiary/aromatic N) is 4. The van der Waals surface area contributed by atoms with E-state index in [2.05, 4.69) is 4.98 Å². The van der Waals surface area contributed by atoms with Crippen molar-refractivity contribution in [3.63, 3.8) is 0 Å². The number of hydrogen-bond acceptors (Lipinski definition) is 4. The first-order valence-electron chi connectivity index (χ1n) is 4.73.